The van der Waals surface area contributed by atoms with E-state index in [2.05, 4.69) is 9.36 Å². The summed E-state index contributed by atoms with van der Waals surface area (Å²) in [5, 5.41) is 2.03. The van der Waals surface area contributed by atoms with Crippen LogP contribution in [0.4, 0.5) is 0 Å². The van der Waals surface area contributed by atoms with Gasteiger partial charge in [-0.2, -0.15) is 4.37 Å². The zero-order chi connectivity index (χ0) is 13.1. The minimum Gasteiger partial charge on any atom is -0.274 e. The summed E-state index contributed by atoms with van der Waals surface area (Å²) in [4.78, 5) is 20.7. The molecule has 1 aromatic carbocycles. The molecule has 0 aliphatic rings. The Morgan fingerprint density at radius 3 is 2.67 bits per heavy atom. The number of hydrogen-bond donors (Lipinski definition) is 0. The maximum atomic E-state index is 11.8. The van der Waals surface area contributed by atoms with Crippen LogP contribution in [0.15, 0.2) is 24.3 Å². The van der Waals surface area contributed by atoms with Gasteiger partial charge in [-0.25, -0.2) is 10.0 Å². The fourth-order valence-corrected chi connectivity index (χ4v) is 2.02. The van der Waals surface area contributed by atoms with Crippen molar-refractivity contribution in [1.29, 1.82) is 0 Å². The molecule has 0 fully saturated rings. The van der Waals surface area contributed by atoms with Gasteiger partial charge in [-0.15, -0.1) is 0 Å². The van der Waals surface area contributed by atoms with E-state index in [4.69, 9.17) is 16.4 Å². The number of aromatic nitrogens is 2. The molecule has 2 rings (SSSR count). The van der Waals surface area contributed by atoms with Gasteiger partial charge in [0.25, 0.3) is 0 Å². The Kier molecular flexibility index (Phi) is 3.90. The second-order valence-corrected chi connectivity index (χ2v) is 4.60. The Labute approximate surface area is 113 Å². The number of amides is 1. The average molecular weight is 284 g/mol. The molecule has 5 nitrogen and oxygen atoms in total. The van der Waals surface area contributed by atoms with Gasteiger partial charge in [-0.1, -0.05) is 11.6 Å². The van der Waals surface area contributed by atoms with Gasteiger partial charge in [0.05, 0.1) is 7.11 Å². The van der Waals surface area contributed by atoms with Crippen LogP contribution in [0.3, 0.4) is 0 Å². The lowest BCUT2D eigenvalue weighted by atomic mass is 10.2. The lowest BCUT2D eigenvalue weighted by molar-refractivity contribution is -0.0757. The maximum Gasteiger partial charge on any atom is 0.307 e. The molecule has 0 aliphatic heterocycles. The van der Waals surface area contributed by atoms with Crippen molar-refractivity contribution < 1.29 is 9.63 Å². The Hall–Kier alpha value is -1.50. The van der Waals surface area contributed by atoms with Crippen LogP contribution >= 0.6 is 23.1 Å². The summed E-state index contributed by atoms with van der Waals surface area (Å²) in [5.74, 6) is 0.180. The second-order valence-electron chi connectivity index (χ2n) is 3.42. The van der Waals surface area contributed by atoms with E-state index in [0.29, 0.717) is 10.8 Å². The molecule has 94 valence electrons. The van der Waals surface area contributed by atoms with Crippen molar-refractivity contribution in [3.63, 3.8) is 0 Å². The Bertz CT molecular complexity index is 556. The molecule has 0 aliphatic carbocycles. The topological polar surface area (TPSA) is 55.3 Å². The van der Waals surface area contributed by atoms with E-state index in [9.17, 15) is 4.79 Å². The van der Waals surface area contributed by atoms with Crippen molar-refractivity contribution in [2.45, 2.75) is 0 Å². The maximum absolute atomic E-state index is 11.8. The summed E-state index contributed by atoms with van der Waals surface area (Å²) < 4.78 is 4.14. The molecule has 0 bridgehead atoms. The van der Waals surface area contributed by atoms with Crippen molar-refractivity contribution >= 4 is 29.0 Å². The van der Waals surface area contributed by atoms with Crippen LogP contribution in [-0.2, 0) is 4.84 Å². The summed E-state index contributed by atoms with van der Waals surface area (Å²) >= 11 is 6.83. The van der Waals surface area contributed by atoms with E-state index in [0.717, 1.165) is 22.2 Å². The van der Waals surface area contributed by atoms with Gasteiger partial charge < -0.3 is 0 Å². The predicted octanol–water partition coefficient (Wildman–Crippen LogP) is 2.49. The number of carbonyl (C=O) groups is 1. The smallest absolute Gasteiger partial charge is 0.274 e. The van der Waals surface area contributed by atoms with Gasteiger partial charge >= 0.3 is 5.91 Å². The highest BCUT2D eigenvalue weighted by Crippen LogP contribution is 2.20. The van der Waals surface area contributed by atoms with E-state index in [1.807, 2.05) is 0 Å². The highest BCUT2D eigenvalue weighted by Gasteiger charge is 2.17. The number of benzene rings is 1. The van der Waals surface area contributed by atoms with Crippen LogP contribution < -0.4 is 0 Å². The van der Waals surface area contributed by atoms with Crippen LogP contribution in [0.25, 0.3) is 11.4 Å². The van der Waals surface area contributed by atoms with E-state index in [-0.39, 0.29) is 10.9 Å². The van der Waals surface area contributed by atoms with Gasteiger partial charge in [0, 0.05) is 17.6 Å². The van der Waals surface area contributed by atoms with Crippen LogP contribution in [0.5, 0.6) is 0 Å². The van der Waals surface area contributed by atoms with Gasteiger partial charge in [0.1, 0.15) is 0 Å². The largest absolute Gasteiger partial charge is 0.307 e. The molecule has 1 aromatic heterocycles. The fraction of sp³-hybridized carbons (Fsp3) is 0.182. The van der Waals surface area contributed by atoms with Crippen LogP contribution in [-0.4, -0.2) is 34.5 Å². The van der Waals surface area contributed by atoms with Crippen molar-refractivity contribution in [1.82, 2.24) is 14.4 Å². The molecule has 0 saturated heterocycles. The minimum absolute atomic E-state index is 0.282. The molecular weight excluding hydrogens is 274 g/mol. The van der Waals surface area contributed by atoms with Crippen LogP contribution in [0.1, 0.15) is 9.80 Å². The molecule has 7 heteroatoms. The molecule has 0 unspecified atom stereocenters. The first-order chi connectivity index (χ1) is 8.61. The SMILES string of the molecule is CON(C)C(=O)c1nc(-c2ccc(Cl)cc2)ns1. The molecule has 0 spiro atoms. The normalized spacial score (nSPS) is 10.4. The number of carbonyl (C=O) groups excluding carboxylic acids is 1. The fourth-order valence-electron chi connectivity index (χ4n) is 1.24. The third kappa shape index (κ3) is 2.66. The summed E-state index contributed by atoms with van der Waals surface area (Å²) in [7, 11) is 2.94. The highest BCUT2D eigenvalue weighted by atomic mass is 35.5. The molecule has 2 aromatic rings. The Balaban J connectivity index is 2.25. The number of nitrogens with zero attached hydrogens (tertiary/aromatic N) is 3. The van der Waals surface area contributed by atoms with Crippen molar-refractivity contribution in [3.8, 4) is 11.4 Å². The number of hydrogen-bond acceptors (Lipinski definition) is 5. The molecule has 0 atom stereocenters. The number of halogens is 1. The zero-order valence-electron chi connectivity index (χ0n) is 9.75. The quantitative estimate of drug-likeness (QED) is 0.812. The Morgan fingerprint density at radius 2 is 2.06 bits per heavy atom. The first-order valence-corrected chi connectivity index (χ1v) is 6.18. The number of rotatable bonds is 3. The molecule has 1 amide bonds. The van der Waals surface area contributed by atoms with Crippen LogP contribution in [0, 0.1) is 0 Å². The third-order valence-electron chi connectivity index (χ3n) is 2.27. The highest BCUT2D eigenvalue weighted by molar-refractivity contribution is 7.07. The van der Waals surface area contributed by atoms with Crippen molar-refractivity contribution in [2.24, 2.45) is 0 Å². The second kappa shape index (κ2) is 5.43. The average Bonchev–Trinajstić information content (AvgIpc) is 2.87. The zero-order valence-corrected chi connectivity index (χ0v) is 11.3. The predicted molar refractivity (Wildman–Crippen MR) is 69.5 cm³/mol. The van der Waals surface area contributed by atoms with Crippen molar-refractivity contribution in [3.05, 3.63) is 34.3 Å². The summed E-state index contributed by atoms with van der Waals surface area (Å²) in [6.07, 6.45) is 0. The molecule has 18 heavy (non-hydrogen) atoms. The lowest BCUT2D eigenvalue weighted by Crippen LogP contribution is -2.25. The van der Waals surface area contributed by atoms with Crippen molar-refractivity contribution in [2.75, 3.05) is 14.2 Å². The minimum atomic E-state index is -0.324. The monoisotopic (exact) mass is 283 g/mol. The van der Waals surface area contributed by atoms with E-state index in [1.165, 1.54) is 14.2 Å². The van der Waals surface area contributed by atoms with E-state index >= 15 is 0 Å². The van der Waals surface area contributed by atoms with Gasteiger partial charge in [-0.3, -0.25) is 9.63 Å². The Morgan fingerprint density at radius 1 is 1.39 bits per heavy atom. The standard InChI is InChI=1S/C11H10ClN3O2S/c1-15(17-2)11(16)10-13-9(14-18-10)7-3-5-8(12)6-4-7/h3-6H,1-2H3. The lowest BCUT2D eigenvalue weighted by Gasteiger charge is -2.10. The van der Waals surface area contributed by atoms with Gasteiger partial charge in [0.15, 0.2) is 5.82 Å². The summed E-state index contributed by atoms with van der Waals surface area (Å²) in [6.45, 7) is 0. The third-order valence-corrected chi connectivity index (χ3v) is 3.23. The van der Waals surface area contributed by atoms with E-state index < -0.39 is 0 Å². The van der Waals surface area contributed by atoms with Gasteiger partial charge in [0.2, 0.25) is 5.01 Å². The first kappa shape index (κ1) is 12.9. The molecule has 1 heterocycles. The molecule has 0 saturated carbocycles. The molecule has 0 N–H and O–H groups in total. The van der Waals surface area contributed by atoms with E-state index in [1.54, 1.807) is 24.3 Å². The molecular formula is C11H10ClN3O2S. The summed E-state index contributed by atoms with van der Waals surface area (Å²) in [5.41, 5.74) is 0.815. The number of hydroxylamine groups is 2. The van der Waals surface area contributed by atoms with Crippen LogP contribution in [0.2, 0.25) is 5.02 Å². The summed E-state index contributed by atoms with van der Waals surface area (Å²) in [6, 6.07) is 7.11. The first-order valence-electron chi connectivity index (χ1n) is 5.03. The van der Waals surface area contributed by atoms with Gasteiger partial charge in [-0.05, 0) is 35.8 Å². The molecule has 0 radical (unpaired) electrons.